The molecule has 34 heavy (non-hydrogen) atoms. The van der Waals surface area contributed by atoms with Gasteiger partial charge < -0.3 is 16.2 Å². The molecule has 0 saturated carbocycles. The lowest BCUT2D eigenvalue weighted by molar-refractivity contribution is 0.481. The first-order valence-corrected chi connectivity index (χ1v) is 12.7. The summed E-state index contributed by atoms with van der Waals surface area (Å²) in [6.45, 7) is 0. The van der Waals surface area contributed by atoms with Crippen LogP contribution in [0.5, 0.6) is 11.5 Å². The van der Waals surface area contributed by atoms with Crippen molar-refractivity contribution in [3.63, 3.8) is 0 Å². The van der Waals surface area contributed by atoms with E-state index < -0.39 is 19.7 Å². The van der Waals surface area contributed by atoms with Gasteiger partial charge in [-0.1, -0.05) is 0 Å². The van der Waals surface area contributed by atoms with Crippen molar-refractivity contribution in [2.45, 2.75) is 19.6 Å². The molecule has 4 rings (SSSR count). The second kappa shape index (κ2) is 9.76. The topological polar surface area (TPSA) is 130 Å². The number of hydrogen-bond acceptors (Lipinski definition) is 7. The van der Waals surface area contributed by atoms with E-state index in [0.29, 0.717) is 22.9 Å². The number of ether oxygens (including phenoxy) is 1. The third kappa shape index (κ3) is 5.17. The zero-order chi connectivity index (χ0) is 23.6. The summed E-state index contributed by atoms with van der Waals surface area (Å²) in [6.07, 6.45) is 0. The number of halogens is 1. The Balaban J connectivity index is 0.00000324. The van der Waals surface area contributed by atoms with Gasteiger partial charge in [-0.2, -0.15) is 0 Å². The molecule has 0 radical (unpaired) electrons. The van der Waals surface area contributed by atoms with Gasteiger partial charge in [-0.25, -0.2) is 16.8 Å². The summed E-state index contributed by atoms with van der Waals surface area (Å²) in [4.78, 5) is 0.514. The highest BCUT2D eigenvalue weighted by Crippen LogP contribution is 2.28. The SMILES string of the molecule is Cl.Nc1ccc(S(=O)(=O)c2ccc(Oc3ccc(S(=O)(=O)c4ccc(N)cc4)cc3)cc2)cc1. The molecule has 0 saturated heterocycles. The normalized spacial score (nSPS) is 11.4. The average molecular weight is 517 g/mol. The maximum atomic E-state index is 12.7. The van der Waals surface area contributed by atoms with Gasteiger partial charge in [-0.3, -0.25) is 0 Å². The van der Waals surface area contributed by atoms with E-state index in [2.05, 4.69) is 0 Å². The smallest absolute Gasteiger partial charge is 0.206 e. The summed E-state index contributed by atoms with van der Waals surface area (Å²) >= 11 is 0. The van der Waals surface area contributed by atoms with Gasteiger partial charge in [-0.15, -0.1) is 12.4 Å². The molecule has 0 atom stereocenters. The molecule has 0 aliphatic heterocycles. The molecule has 4 aromatic rings. The van der Waals surface area contributed by atoms with Gasteiger partial charge in [0.15, 0.2) is 0 Å². The lowest BCUT2D eigenvalue weighted by atomic mass is 10.3. The summed E-state index contributed by atoms with van der Waals surface area (Å²) in [6, 6.07) is 23.8. The monoisotopic (exact) mass is 516 g/mol. The number of nitrogen functional groups attached to an aromatic ring is 2. The number of rotatable bonds is 6. The molecule has 0 fully saturated rings. The van der Waals surface area contributed by atoms with Crippen LogP contribution in [0.3, 0.4) is 0 Å². The summed E-state index contributed by atoms with van der Waals surface area (Å²) < 4.78 is 56.7. The molecular formula is C24H21ClN2O5S2. The number of sulfone groups is 2. The molecule has 4 aromatic carbocycles. The molecule has 0 bridgehead atoms. The number of anilines is 2. The van der Waals surface area contributed by atoms with E-state index in [4.69, 9.17) is 16.2 Å². The molecule has 0 unspecified atom stereocenters. The predicted octanol–water partition coefficient (Wildman–Crippen LogP) is 4.73. The fourth-order valence-electron chi connectivity index (χ4n) is 3.08. The third-order valence-corrected chi connectivity index (χ3v) is 8.46. The lowest BCUT2D eigenvalue weighted by Gasteiger charge is -2.09. The van der Waals surface area contributed by atoms with E-state index >= 15 is 0 Å². The van der Waals surface area contributed by atoms with Gasteiger partial charge in [0.25, 0.3) is 0 Å². The van der Waals surface area contributed by atoms with Gasteiger partial charge >= 0.3 is 0 Å². The predicted molar refractivity (Wildman–Crippen MR) is 133 cm³/mol. The molecule has 0 spiro atoms. The van der Waals surface area contributed by atoms with E-state index in [1.54, 1.807) is 0 Å². The maximum absolute atomic E-state index is 12.7. The quantitative estimate of drug-likeness (QED) is 0.354. The Hall–Kier alpha value is -3.53. The second-order valence-electron chi connectivity index (χ2n) is 7.19. The molecule has 10 heteroatoms. The van der Waals surface area contributed by atoms with Crippen molar-refractivity contribution >= 4 is 43.5 Å². The molecule has 4 N–H and O–H groups in total. The molecule has 0 aliphatic carbocycles. The van der Waals surface area contributed by atoms with Crippen LogP contribution < -0.4 is 16.2 Å². The number of benzene rings is 4. The Bertz CT molecular complexity index is 1370. The fraction of sp³-hybridized carbons (Fsp3) is 0. The van der Waals surface area contributed by atoms with Crippen LogP contribution in [0.4, 0.5) is 11.4 Å². The Morgan fingerprint density at radius 3 is 0.941 bits per heavy atom. The van der Waals surface area contributed by atoms with Crippen LogP contribution in [0, 0.1) is 0 Å². The van der Waals surface area contributed by atoms with Crippen molar-refractivity contribution in [2.24, 2.45) is 0 Å². The van der Waals surface area contributed by atoms with Gasteiger partial charge in [0.05, 0.1) is 19.6 Å². The van der Waals surface area contributed by atoms with Crippen LogP contribution in [0.15, 0.2) is 117 Å². The van der Waals surface area contributed by atoms with Crippen molar-refractivity contribution in [2.75, 3.05) is 11.5 Å². The first-order valence-electron chi connectivity index (χ1n) is 9.75. The van der Waals surface area contributed by atoms with Gasteiger partial charge in [0, 0.05) is 11.4 Å². The Labute approximate surface area is 204 Å². The zero-order valence-electron chi connectivity index (χ0n) is 17.7. The van der Waals surface area contributed by atoms with Gasteiger partial charge in [0.2, 0.25) is 19.7 Å². The second-order valence-corrected chi connectivity index (χ2v) is 11.1. The zero-order valence-corrected chi connectivity index (χ0v) is 20.1. The minimum absolute atomic E-state index is 0. The van der Waals surface area contributed by atoms with E-state index in [1.165, 1.54) is 97.1 Å². The van der Waals surface area contributed by atoms with E-state index in [1.807, 2.05) is 0 Å². The highest BCUT2D eigenvalue weighted by Gasteiger charge is 2.19. The van der Waals surface area contributed by atoms with Crippen molar-refractivity contribution in [3.8, 4) is 11.5 Å². The number of hydrogen-bond donors (Lipinski definition) is 2. The fourth-order valence-corrected chi connectivity index (χ4v) is 5.60. The molecule has 176 valence electrons. The van der Waals surface area contributed by atoms with Gasteiger partial charge in [-0.05, 0) is 97.1 Å². The largest absolute Gasteiger partial charge is 0.457 e. The molecule has 0 amide bonds. The minimum Gasteiger partial charge on any atom is -0.457 e. The van der Waals surface area contributed by atoms with Crippen molar-refractivity contribution < 1.29 is 21.6 Å². The van der Waals surface area contributed by atoms with Crippen molar-refractivity contribution in [3.05, 3.63) is 97.1 Å². The minimum atomic E-state index is -3.68. The average Bonchev–Trinajstić information content (AvgIpc) is 2.80. The summed E-state index contributed by atoms with van der Waals surface area (Å²) in [5.74, 6) is 0.806. The summed E-state index contributed by atoms with van der Waals surface area (Å²) in [5.41, 5.74) is 12.2. The highest BCUT2D eigenvalue weighted by molar-refractivity contribution is 7.91. The van der Waals surface area contributed by atoms with Gasteiger partial charge in [0.1, 0.15) is 11.5 Å². The molecular weight excluding hydrogens is 496 g/mol. The Morgan fingerprint density at radius 2 is 0.676 bits per heavy atom. The summed E-state index contributed by atoms with van der Waals surface area (Å²) in [7, 11) is -7.36. The van der Waals surface area contributed by atoms with Crippen LogP contribution in [0.2, 0.25) is 0 Å². The van der Waals surface area contributed by atoms with E-state index in [-0.39, 0.29) is 32.0 Å². The molecule has 0 aromatic heterocycles. The first-order chi connectivity index (χ1) is 15.7. The van der Waals surface area contributed by atoms with E-state index in [9.17, 15) is 16.8 Å². The molecule has 0 aliphatic rings. The molecule has 7 nitrogen and oxygen atoms in total. The standard InChI is InChI=1S/C24H20N2O5S2.ClH/c25-17-1-9-21(10-2-17)32(27,28)23-13-5-19(6-14-23)31-20-7-15-24(16-8-20)33(29,30)22-11-3-18(26)4-12-22;/h1-16H,25-26H2;1H. The summed E-state index contributed by atoms with van der Waals surface area (Å²) in [5, 5.41) is 0. The van der Waals surface area contributed by atoms with Crippen LogP contribution in [-0.2, 0) is 19.7 Å². The van der Waals surface area contributed by atoms with Crippen molar-refractivity contribution in [1.29, 1.82) is 0 Å². The van der Waals surface area contributed by atoms with Crippen LogP contribution in [0.25, 0.3) is 0 Å². The Morgan fingerprint density at radius 1 is 0.441 bits per heavy atom. The third-order valence-electron chi connectivity index (χ3n) is 4.88. The van der Waals surface area contributed by atoms with E-state index in [0.717, 1.165) is 0 Å². The maximum Gasteiger partial charge on any atom is 0.206 e. The van der Waals surface area contributed by atoms with Crippen LogP contribution in [-0.4, -0.2) is 16.8 Å². The van der Waals surface area contributed by atoms with Crippen LogP contribution >= 0.6 is 12.4 Å². The number of nitrogens with two attached hydrogens (primary N) is 2. The van der Waals surface area contributed by atoms with Crippen LogP contribution in [0.1, 0.15) is 0 Å². The molecule has 0 heterocycles. The lowest BCUT2D eigenvalue weighted by Crippen LogP contribution is -2.02. The first kappa shape index (κ1) is 25.1. The highest BCUT2D eigenvalue weighted by atomic mass is 35.5. The van der Waals surface area contributed by atoms with Crippen molar-refractivity contribution in [1.82, 2.24) is 0 Å². The Kier molecular flexibility index (Phi) is 7.21.